The number of thiophene rings is 1. The quantitative estimate of drug-likeness (QED) is 0.108. The SMILES string of the molecule is C/C(O)=C(/C#N)C(=O)Nc1cc(N2CCN(C)CC2)ccc1C(=O)Nc1[nH]nc2sc(C(=O)NC(C)(C)c3ccccc3)cc12. The molecule has 2 aromatic heterocycles. The fourth-order valence-electron chi connectivity index (χ4n) is 5.05. The number of aromatic amines is 1. The van der Waals surface area contributed by atoms with Crippen molar-refractivity contribution in [1.29, 1.82) is 5.26 Å². The molecule has 45 heavy (non-hydrogen) atoms. The number of hydrogen-bond donors (Lipinski definition) is 5. The lowest BCUT2D eigenvalue weighted by molar-refractivity contribution is -0.112. The van der Waals surface area contributed by atoms with E-state index in [1.807, 2.05) is 51.2 Å². The maximum absolute atomic E-state index is 13.6. The van der Waals surface area contributed by atoms with Crippen LogP contribution in [0.2, 0.25) is 0 Å². The van der Waals surface area contributed by atoms with E-state index in [9.17, 15) is 24.8 Å². The number of anilines is 3. The van der Waals surface area contributed by atoms with Crippen LogP contribution in [0.5, 0.6) is 0 Å². The van der Waals surface area contributed by atoms with Gasteiger partial charge in [0.15, 0.2) is 5.57 Å². The summed E-state index contributed by atoms with van der Waals surface area (Å²) in [5.74, 6) is -1.80. The second-order valence-corrected chi connectivity index (χ2v) is 12.4. The third kappa shape index (κ3) is 6.82. The molecule has 3 amide bonds. The summed E-state index contributed by atoms with van der Waals surface area (Å²) in [6.07, 6.45) is 0. The van der Waals surface area contributed by atoms with Crippen molar-refractivity contribution in [2.45, 2.75) is 26.3 Å². The molecule has 0 unspecified atom stereocenters. The van der Waals surface area contributed by atoms with E-state index in [0.717, 1.165) is 37.4 Å². The number of likely N-dealkylation sites (N-methyl/N-ethyl adjacent to an activating group) is 1. The molecule has 13 heteroatoms. The predicted octanol–water partition coefficient (Wildman–Crippen LogP) is 4.59. The zero-order chi connectivity index (χ0) is 32.3. The molecule has 5 N–H and O–H groups in total. The number of nitriles is 1. The van der Waals surface area contributed by atoms with E-state index in [-0.39, 0.29) is 23.0 Å². The Morgan fingerprint density at radius 1 is 1.02 bits per heavy atom. The lowest BCUT2D eigenvalue weighted by Crippen LogP contribution is -2.44. The molecule has 0 radical (unpaired) electrons. The van der Waals surface area contributed by atoms with Gasteiger partial charge >= 0.3 is 0 Å². The lowest BCUT2D eigenvalue weighted by atomic mass is 9.94. The topological polar surface area (TPSA) is 166 Å². The standard InChI is InChI=1S/C32H34N8O4S/c1-19(41)24(18-33)29(43)34-25-16-21(40-14-12-39(4)13-15-40)10-11-22(25)28(42)35-27-23-17-26(45-31(23)38-37-27)30(44)36-32(2,3)20-8-6-5-7-9-20/h5-11,16-17,41H,12-15H2,1-4H3,(H,34,43)(H,36,44)(H2,35,37,38,42)/b24-19+. The van der Waals surface area contributed by atoms with Gasteiger partial charge in [-0.1, -0.05) is 30.3 Å². The minimum Gasteiger partial charge on any atom is -0.511 e. The number of rotatable bonds is 8. The number of aliphatic hydroxyl groups is 1. The molecule has 2 aromatic carbocycles. The Labute approximate surface area is 264 Å². The molecule has 1 aliphatic heterocycles. The minimum atomic E-state index is -0.835. The fraction of sp³-hybridized carbons (Fsp3) is 0.281. The summed E-state index contributed by atoms with van der Waals surface area (Å²) in [5, 5.41) is 35.4. The van der Waals surface area contributed by atoms with Crippen LogP contribution in [0.15, 0.2) is 65.9 Å². The molecular formula is C32H34N8O4S. The van der Waals surface area contributed by atoms with Crippen molar-refractivity contribution in [3.05, 3.63) is 81.9 Å². The Balaban J connectivity index is 1.40. The van der Waals surface area contributed by atoms with Crippen molar-refractivity contribution in [1.82, 2.24) is 20.4 Å². The highest BCUT2D eigenvalue weighted by Gasteiger charge is 2.26. The Hall–Kier alpha value is -5.19. The number of allylic oxidation sites excluding steroid dienone is 1. The van der Waals surface area contributed by atoms with Gasteiger partial charge in [0, 0.05) is 31.9 Å². The average molecular weight is 627 g/mol. The van der Waals surface area contributed by atoms with Gasteiger partial charge in [0.1, 0.15) is 22.5 Å². The van der Waals surface area contributed by atoms with E-state index in [4.69, 9.17) is 0 Å². The van der Waals surface area contributed by atoms with Crippen molar-refractivity contribution in [2.24, 2.45) is 0 Å². The van der Waals surface area contributed by atoms with Crippen LogP contribution in [-0.2, 0) is 10.3 Å². The molecule has 0 atom stereocenters. The number of aromatic nitrogens is 2. The second-order valence-electron chi connectivity index (χ2n) is 11.4. The van der Waals surface area contributed by atoms with E-state index >= 15 is 0 Å². The number of aliphatic hydroxyl groups excluding tert-OH is 1. The van der Waals surface area contributed by atoms with Gasteiger partial charge in [-0.05, 0) is 57.6 Å². The smallest absolute Gasteiger partial charge is 0.269 e. The van der Waals surface area contributed by atoms with Crippen LogP contribution in [0.3, 0.4) is 0 Å². The van der Waals surface area contributed by atoms with Crippen LogP contribution in [0, 0.1) is 11.3 Å². The van der Waals surface area contributed by atoms with E-state index in [1.54, 1.807) is 30.3 Å². The molecule has 232 valence electrons. The number of carbonyl (C=O) groups excluding carboxylic acids is 3. The predicted molar refractivity (Wildman–Crippen MR) is 175 cm³/mol. The average Bonchev–Trinajstić information content (AvgIpc) is 3.60. The zero-order valence-electron chi connectivity index (χ0n) is 25.4. The van der Waals surface area contributed by atoms with Crippen LogP contribution in [0.4, 0.5) is 17.2 Å². The maximum Gasteiger partial charge on any atom is 0.269 e. The van der Waals surface area contributed by atoms with Crippen LogP contribution in [0.25, 0.3) is 10.2 Å². The number of H-pyrrole nitrogens is 1. The number of nitrogens with zero attached hydrogens (tertiary/aromatic N) is 4. The molecule has 12 nitrogen and oxygen atoms in total. The highest BCUT2D eigenvalue weighted by molar-refractivity contribution is 7.20. The van der Waals surface area contributed by atoms with Crippen molar-refractivity contribution < 1.29 is 19.5 Å². The highest BCUT2D eigenvalue weighted by Crippen LogP contribution is 2.32. The van der Waals surface area contributed by atoms with Crippen molar-refractivity contribution in [2.75, 3.05) is 48.8 Å². The van der Waals surface area contributed by atoms with Gasteiger partial charge in [-0.15, -0.1) is 11.3 Å². The molecule has 0 aliphatic carbocycles. The summed E-state index contributed by atoms with van der Waals surface area (Å²) >= 11 is 1.19. The van der Waals surface area contributed by atoms with Gasteiger partial charge < -0.3 is 30.9 Å². The number of piperazine rings is 1. The molecule has 3 heterocycles. The summed E-state index contributed by atoms with van der Waals surface area (Å²) in [4.78, 5) is 45.0. The van der Waals surface area contributed by atoms with Gasteiger partial charge in [-0.2, -0.15) is 10.4 Å². The van der Waals surface area contributed by atoms with Crippen LogP contribution in [-0.4, -0.2) is 71.2 Å². The number of amides is 3. The van der Waals surface area contributed by atoms with Crippen molar-refractivity contribution in [3.8, 4) is 6.07 Å². The van der Waals surface area contributed by atoms with Gasteiger partial charge in [0.2, 0.25) is 0 Å². The Morgan fingerprint density at radius 2 is 1.73 bits per heavy atom. The Morgan fingerprint density at radius 3 is 2.40 bits per heavy atom. The molecule has 4 aromatic rings. The monoisotopic (exact) mass is 626 g/mol. The first-order valence-corrected chi connectivity index (χ1v) is 15.1. The first-order valence-electron chi connectivity index (χ1n) is 14.3. The largest absolute Gasteiger partial charge is 0.511 e. The lowest BCUT2D eigenvalue weighted by Gasteiger charge is -2.34. The third-order valence-electron chi connectivity index (χ3n) is 7.70. The number of hydrogen-bond acceptors (Lipinski definition) is 9. The summed E-state index contributed by atoms with van der Waals surface area (Å²) in [7, 11) is 2.05. The minimum absolute atomic E-state index is 0.134. The summed E-state index contributed by atoms with van der Waals surface area (Å²) in [6.45, 7) is 8.33. The molecule has 1 saturated heterocycles. The van der Waals surface area contributed by atoms with E-state index in [1.165, 1.54) is 18.3 Å². The molecule has 1 aliphatic rings. The highest BCUT2D eigenvalue weighted by atomic mass is 32.1. The molecule has 0 saturated carbocycles. The Kier molecular flexibility index (Phi) is 8.89. The maximum atomic E-state index is 13.6. The first kappa shape index (κ1) is 31.2. The fourth-order valence-corrected chi connectivity index (χ4v) is 5.94. The van der Waals surface area contributed by atoms with Crippen LogP contribution in [0.1, 0.15) is 46.4 Å². The van der Waals surface area contributed by atoms with Crippen molar-refractivity contribution in [3.63, 3.8) is 0 Å². The number of nitrogens with one attached hydrogen (secondary N) is 4. The molecular weight excluding hydrogens is 592 g/mol. The Bertz CT molecular complexity index is 1820. The van der Waals surface area contributed by atoms with Crippen molar-refractivity contribution >= 4 is 56.5 Å². The van der Waals surface area contributed by atoms with Crippen LogP contribution >= 0.6 is 11.3 Å². The normalized spacial score (nSPS) is 14.4. The molecule has 0 bridgehead atoms. The van der Waals surface area contributed by atoms with E-state index in [0.29, 0.717) is 15.1 Å². The molecule has 1 fully saturated rings. The molecule has 5 rings (SSSR count). The van der Waals surface area contributed by atoms with Crippen LogP contribution < -0.4 is 20.9 Å². The number of carbonyl (C=O) groups is 3. The summed E-state index contributed by atoms with van der Waals surface area (Å²) in [5.41, 5.74) is 0.994. The van der Waals surface area contributed by atoms with Gasteiger partial charge in [-0.3, -0.25) is 19.5 Å². The first-order chi connectivity index (χ1) is 21.5. The van der Waals surface area contributed by atoms with Gasteiger partial charge in [0.05, 0.1) is 27.1 Å². The third-order valence-corrected chi connectivity index (χ3v) is 8.73. The summed E-state index contributed by atoms with van der Waals surface area (Å²) < 4.78 is 0. The van der Waals surface area contributed by atoms with E-state index < -0.39 is 28.7 Å². The second kappa shape index (κ2) is 12.8. The number of fused-ring (bicyclic) bond motifs is 1. The molecule has 0 spiro atoms. The van der Waals surface area contributed by atoms with Gasteiger partial charge in [0.25, 0.3) is 17.7 Å². The zero-order valence-corrected chi connectivity index (χ0v) is 26.2. The summed E-state index contributed by atoms with van der Waals surface area (Å²) in [6, 6.07) is 18.1. The van der Waals surface area contributed by atoms with Gasteiger partial charge in [-0.25, -0.2) is 0 Å². The number of benzene rings is 2. The van der Waals surface area contributed by atoms with E-state index in [2.05, 4.69) is 35.9 Å².